The van der Waals surface area contributed by atoms with Crippen LogP contribution in [-0.4, -0.2) is 22.1 Å². The number of thioether (sulfide) groups is 1. The molecule has 3 nitrogen and oxygen atoms in total. The quantitative estimate of drug-likeness (QED) is 0.792. The van der Waals surface area contributed by atoms with Crippen LogP contribution in [-0.2, 0) is 13.5 Å². The van der Waals surface area contributed by atoms with Crippen LogP contribution in [0.25, 0.3) is 0 Å². The van der Waals surface area contributed by atoms with E-state index >= 15 is 0 Å². The van der Waals surface area contributed by atoms with E-state index in [9.17, 15) is 0 Å². The Labute approximate surface area is 125 Å². The molecule has 2 aromatic rings. The predicted molar refractivity (Wildman–Crippen MR) is 86.2 cm³/mol. The maximum Gasteiger partial charge on any atom is 0.0522 e. The van der Waals surface area contributed by atoms with Crippen LogP contribution in [0.5, 0.6) is 0 Å². The van der Waals surface area contributed by atoms with E-state index in [1.165, 1.54) is 16.0 Å². The van der Waals surface area contributed by atoms with Crippen LogP contribution >= 0.6 is 11.8 Å². The van der Waals surface area contributed by atoms with Gasteiger partial charge in [0.25, 0.3) is 0 Å². The van der Waals surface area contributed by atoms with E-state index < -0.39 is 0 Å². The first-order valence-electron chi connectivity index (χ1n) is 7.16. The maximum atomic E-state index is 4.25. The molecule has 0 aliphatic heterocycles. The molecule has 2 rings (SSSR count). The first kappa shape index (κ1) is 15.1. The maximum absolute atomic E-state index is 4.25. The first-order valence-corrected chi connectivity index (χ1v) is 8.15. The molecule has 0 aliphatic rings. The van der Waals surface area contributed by atoms with Crippen LogP contribution in [0.4, 0.5) is 0 Å². The Hall–Kier alpha value is -1.26. The van der Waals surface area contributed by atoms with Gasteiger partial charge in [-0.15, -0.1) is 11.8 Å². The van der Waals surface area contributed by atoms with Gasteiger partial charge in [-0.25, -0.2) is 0 Å². The van der Waals surface area contributed by atoms with Crippen molar-refractivity contribution in [1.82, 2.24) is 15.1 Å². The molecule has 1 heterocycles. The van der Waals surface area contributed by atoms with Gasteiger partial charge in [0.15, 0.2) is 0 Å². The van der Waals surface area contributed by atoms with Gasteiger partial charge in [-0.1, -0.05) is 26.0 Å². The number of hydrogen-bond donors (Lipinski definition) is 1. The standard InChI is InChI=1S/C16H23N3S/c1-4-17-16(10-13-11-18-19(3)12-13)14-6-8-15(9-7-14)20-5-2/h6-9,11-12,16-17H,4-5,10H2,1-3H3. The summed E-state index contributed by atoms with van der Waals surface area (Å²) in [5, 5.41) is 7.81. The monoisotopic (exact) mass is 289 g/mol. The molecule has 0 radical (unpaired) electrons. The summed E-state index contributed by atoms with van der Waals surface area (Å²) in [6, 6.07) is 9.27. The fraction of sp³-hybridized carbons (Fsp3) is 0.438. The highest BCUT2D eigenvalue weighted by Gasteiger charge is 2.12. The normalized spacial score (nSPS) is 12.6. The molecule has 0 fully saturated rings. The zero-order valence-electron chi connectivity index (χ0n) is 12.5. The number of aromatic nitrogens is 2. The molecule has 108 valence electrons. The van der Waals surface area contributed by atoms with Crippen molar-refractivity contribution in [2.24, 2.45) is 7.05 Å². The Morgan fingerprint density at radius 2 is 2.00 bits per heavy atom. The fourth-order valence-electron chi connectivity index (χ4n) is 2.33. The van der Waals surface area contributed by atoms with Crippen LogP contribution in [0.2, 0.25) is 0 Å². The summed E-state index contributed by atoms with van der Waals surface area (Å²) >= 11 is 1.88. The molecule has 1 N–H and O–H groups in total. The average molecular weight is 289 g/mol. The minimum absolute atomic E-state index is 0.352. The SMILES string of the molecule is CCNC(Cc1cnn(C)c1)c1ccc(SCC)cc1. The summed E-state index contributed by atoms with van der Waals surface area (Å²) in [7, 11) is 1.96. The van der Waals surface area contributed by atoms with Gasteiger partial charge in [0.1, 0.15) is 0 Å². The van der Waals surface area contributed by atoms with Crippen LogP contribution in [0.1, 0.15) is 31.0 Å². The zero-order chi connectivity index (χ0) is 14.4. The third kappa shape index (κ3) is 4.12. The van der Waals surface area contributed by atoms with Crippen molar-refractivity contribution < 1.29 is 0 Å². The molecular weight excluding hydrogens is 266 g/mol. The van der Waals surface area contributed by atoms with Crippen LogP contribution in [0, 0.1) is 0 Å². The van der Waals surface area contributed by atoms with Crippen molar-refractivity contribution in [3.8, 4) is 0 Å². The molecule has 0 amide bonds. The van der Waals surface area contributed by atoms with Gasteiger partial charge < -0.3 is 5.32 Å². The lowest BCUT2D eigenvalue weighted by Gasteiger charge is -2.18. The number of benzene rings is 1. The van der Waals surface area contributed by atoms with Crippen molar-refractivity contribution in [1.29, 1.82) is 0 Å². The smallest absolute Gasteiger partial charge is 0.0522 e. The van der Waals surface area contributed by atoms with Crippen LogP contribution in [0.3, 0.4) is 0 Å². The number of hydrogen-bond acceptors (Lipinski definition) is 3. The summed E-state index contributed by atoms with van der Waals surface area (Å²) in [5.41, 5.74) is 2.61. The molecule has 0 saturated heterocycles. The highest BCUT2D eigenvalue weighted by atomic mass is 32.2. The number of nitrogens with one attached hydrogen (secondary N) is 1. The van der Waals surface area contributed by atoms with Crippen molar-refractivity contribution in [3.63, 3.8) is 0 Å². The van der Waals surface area contributed by atoms with Crippen LogP contribution < -0.4 is 5.32 Å². The van der Waals surface area contributed by atoms with E-state index in [4.69, 9.17) is 0 Å². The second-order valence-corrected chi connectivity index (χ2v) is 6.18. The molecule has 4 heteroatoms. The second kappa shape index (κ2) is 7.50. The first-order chi connectivity index (χ1) is 9.72. The summed E-state index contributed by atoms with van der Waals surface area (Å²) < 4.78 is 1.86. The Kier molecular flexibility index (Phi) is 5.68. The minimum atomic E-state index is 0.352. The van der Waals surface area contributed by atoms with E-state index in [2.05, 4.69) is 54.7 Å². The Balaban J connectivity index is 2.10. The van der Waals surface area contributed by atoms with Crippen LogP contribution in [0.15, 0.2) is 41.6 Å². The highest BCUT2D eigenvalue weighted by Crippen LogP contribution is 2.23. The van der Waals surface area contributed by atoms with Gasteiger partial charge in [-0.05, 0) is 42.0 Å². The lowest BCUT2D eigenvalue weighted by atomic mass is 10.0. The lowest BCUT2D eigenvalue weighted by molar-refractivity contribution is 0.549. The molecule has 0 spiro atoms. The molecule has 0 bridgehead atoms. The molecular formula is C16H23N3S. The summed E-state index contributed by atoms with van der Waals surface area (Å²) in [4.78, 5) is 1.34. The molecule has 1 aromatic heterocycles. The van der Waals surface area contributed by atoms with E-state index in [1.54, 1.807) is 0 Å². The zero-order valence-corrected chi connectivity index (χ0v) is 13.3. The molecule has 0 aliphatic carbocycles. The van der Waals surface area contributed by atoms with Gasteiger partial charge in [-0.3, -0.25) is 4.68 Å². The molecule has 1 aromatic carbocycles. The van der Waals surface area contributed by atoms with Crippen molar-refractivity contribution in [2.75, 3.05) is 12.3 Å². The second-order valence-electron chi connectivity index (χ2n) is 4.84. The van der Waals surface area contributed by atoms with E-state index in [-0.39, 0.29) is 0 Å². The number of rotatable bonds is 7. The topological polar surface area (TPSA) is 29.9 Å². The highest BCUT2D eigenvalue weighted by molar-refractivity contribution is 7.99. The molecule has 1 unspecified atom stereocenters. The summed E-state index contributed by atoms with van der Waals surface area (Å²) in [5.74, 6) is 1.12. The van der Waals surface area contributed by atoms with Gasteiger partial charge >= 0.3 is 0 Å². The van der Waals surface area contributed by atoms with E-state index in [0.717, 1.165) is 18.7 Å². The lowest BCUT2D eigenvalue weighted by Crippen LogP contribution is -2.22. The number of likely N-dealkylation sites (N-methyl/N-ethyl adjacent to an activating group) is 1. The van der Waals surface area contributed by atoms with Crippen molar-refractivity contribution in [2.45, 2.75) is 31.2 Å². The summed E-state index contributed by atoms with van der Waals surface area (Å²) in [6.07, 6.45) is 5.01. The average Bonchev–Trinajstić information content (AvgIpc) is 2.85. The van der Waals surface area contributed by atoms with Gasteiger partial charge in [0.2, 0.25) is 0 Å². The number of nitrogens with zero attached hydrogens (tertiary/aromatic N) is 2. The van der Waals surface area contributed by atoms with Crippen molar-refractivity contribution >= 4 is 11.8 Å². The largest absolute Gasteiger partial charge is 0.310 e. The number of aryl methyl sites for hydroxylation is 1. The van der Waals surface area contributed by atoms with E-state index in [0.29, 0.717) is 6.04 Å². The Morgan fingerprint density at radius 3 is 2.55 bits per heavy atom. The van der Waals surface area contributed by atoms with Gasteiger partial charge in [0, 0.05) is 24.2 Å². The Bertz CT molecular complexity index is 519. The van der Waals surface area contributed by atoms with Gasteiger partial charge in [0.05, 0.1) is 6.20 Å². The summed E-state index contributed by atoms with van der Waals surface area (Å²) in [6.45, 7) is 5.30. The third-order valence-corrected chi connectivity index (χ3v) is 4.14. The fourth-order valence-corrected chi connectivity index (χ4v) is 2.99. The third-order valence-electron chi connectivity index (χ3n) is 3.24. The predicted octanol–water partition coefficient (Wildman–Crippen LogP) is 3.43. The molecule has 20 heavy (non-hydrogen) atoms. The Morgan fingerprint density at radius 1 is 1.25 bits per heavy atom. The molecule has 1 atom stereocenters. The molecule has 0 saturated carbocycles. The van der Waals surface area contributed by atoms with E-state index in [1.807, 2.05) is 29.7 Å². The van der Waals surface area contributed by atoms with Gasteiger partial charge in [-0.2, -0.15) is 5.10 Å². The van der Waals surface area contributed by atoms with Crippen molar-refractivity contribution in [3.05, 3.63) is 47.8 Å². The minimum Gasteiger partial charge on any atom is -0.310 e.